The van der Waals surface area contributed by atoms with Crippen LogP contribution in [0.25, 0.3) is 0 Å². The van der Waals surface area contributed by atoms with Gasteiger partial charge in [-0.05, 0) is 5.56 Å². The van der Waals surface area contributed by atoms with Gasteiger partial charge in [0.15, 0.2) is 6.29 Å². The number of aliphatic hydroxyl groups excluding tert-OH is 4. The summed E-state index contributed by atoms with van der Waals surface area (Å²) in [6.45, 7) is -0.567. The molecule has 1 fully saturated rings. The summed E-state index contributed by atoms with van der Waals surface area (Å²) >= 11 is 0. The lowest BCUT2D eigenvalue weighted by Gasteiger charge is -2.46. The van der Waals surface area contributed by atoms with Crippen LogP contribution in [0.2, 0.25) is 0 Å². The minimum atomic E-state index is -1.98. The van der Waals surface area contributed by atoms with Crippen LogP contribution < -0.4 is 0 Å². The maximum atomic E-state index is 10.5. The molecule has 0 aromatic heterocycles. The Labute approximate surface area is 110 Å². The smallest absolute Gasteiger partial charge is 0.184 e. The van der Waals surface area contributed by atoms with Crippen LogP contribution in [0, 0.1) is 0 Å². The zero-order valence-electron chi connectivity index (χ0n) is 10.3. The van der Waals surface area contributed by atoms with Crippen LogP contribution in [0.5, 0.6) is 0 Å². The summed E-state index contributed by atoms with van der Waals surface area (Å²) in [7, 11) is 0. The lowest BCUT2D eigenvalue weighted by Crippen LogP contribution is -2.68. The highest BCUT2D eigenvalue weighted by atomic mass is 16.6. The van der Waals surface area contributed by atoms with E-state index in [4.69, 9.17) is 9.84 Å². The number of ether oxygens (including phenoxy) is 1. The quantitative estimate of drug-likeness (QED) is 0.452. The molecular weight excluding hydrogens is 252 g/mol. The van der Waals surface area contributed by atoms with E-state index in [1.54, 1.807) is 30.3 Å². The minimum absolute atomic E-state index is 0.0624. The van der Waals surface area contributed by atoms with E-state index < -0.39 is 36.8 Å². The van der Waals surface area contributed by atoms with E-state index in [2.05, 4.69) is 0 Å². The van der Waals surface area contributed by atoms with Gasteiger partial charge < -0.3 is 30.3 Å². The van der Waals surface area contributed by atoms with Crippen LogP contribution in [0.1, 0.15) is 5.56 Å². The fourth-order valence-corrected chi connectivity index (χ4v) is 2.35. The van der Waals surface area contributed by atoms with Gasteiger partial charge in [-0.15, -0.1) is 0 Å². The van der Waals surface area contributed by atoms with Gasteiger partial charge in [0.2, 0.25) is 0 Å². The van der Waals surface area contributed by atoms with E-state index in [1.165, 1.54) is 0 Å². The van der Waals surface area contributed by atoms with Crippen molar-refractivity contribution < 1.29 is 30.3 Å². The third-order valence-electron chi connectivity index (χ3n) is 3.47. The number of aliphatic hydroxyl groups is 5. The SMILES string of the molecule is OC[C@H]1O[C@H](O)[C@H](O)[C@@](O)(Cc2ccccc2)[C@@H]1O. The molecule has 0 unspecified atom stereocenters. The topological polar surface area (TPSA) is 110 Å². The van der Waals surface area contributed by atoms with E-state index in [9.17, 15) is 20.4 Å². The second-order valence-electron chi connectivity index (χ2n) is 4.79. The molecule has 5 atom stereocenters. The highest BCUT2D eigenvalue weighted by Gasteiger charge is 2.54. The molecule has 19 heavy (non-hydrogen) atoms. The van der Waals surface area contributed by atoms with Crippen LogP contribution in [0.15, 0.2) is 30.3 Å². The van der Waals surface area contributed by atoms with Crippen molar-refractivity contribution in [2.24, 2.45) is 0 Å². The molecule has 0 radical (unpaired) electrons. The monoisotopic (exact) mass is 270 g/mol. The third kappa shape index (κ3) is 2.64. The standard InChI is InChI=1S/C13H18O6/c14-7-9-10(15)13(18,11(16)12(17)19-9)6-8-4-2-1-3-5-8/h1-5,9-12,14-18H,6-7H2/t9-,10-,11+,12+,13-/m1/s1. The molecule has 2 rings (SSSR count). The summed E-state index contributed by atoms with van der Waals surface area (Å²) < 4.78 is 4.84. The molecule has 0 spiro atoms. The van der Waals surface area contributed by atoms with Crippen molar-refractivity contribution in [1.82, 2.24) is 0 Å². The number of hydrogen-bond donors (Lipinski definition) is 5. The van der Waals surface area contributed by atoms with E-state index in [-0.39, 0.29) is 6.42 Å². The molecule has 1 heterocycles. The predicted octanol–water partition coefficient (Wildman–Crippen LogP) is -1.61. The van der Waals surface area contributed by atoms with Crippen molar-refractivity contribution in [3.8, 4) is 0 Å². The van der Waals surface area contributed by atoms with Gasteiger partial charge in [-0.25, -0.2) is 0 Å². The number of hydrogen-bond acceptors (Lipinski definition) is 6. The molecule has 0 bridgehead atoms. The Hall–Kier alpha value is -1.02. The minimum Gasteiger partial charge on any atom is -0.394 e. The second-order valence-corrected chi connectivity index (χ2v) is 4.79. The fraction of sp³-hybridized carbons (Fsp3) is 0.538. The van der Waals surface area contributed by atoms with Gasteiger partial charge in [-0.2, -0.15) is 0 Å². The summed E-state index contributed by atoms with van der Waals surface area (Å²) in [5.41, 5.74) is -1.29. The number of benzene rings is 1. The molecule has 1 saturated heterocycles. The van der Waals surface area contributed by atoms with Crippen LogP contribution >= 0.6 is 0 Å². The summed E-state index contributed by atoms with van der Waals surface area (Å²) in [5, 5.41) is 49.0. The lowest BCUT2D eigenvalue weighted by atomic mass is 9.79. The molecule has 0 amide bonds. The van der Waals surface area contributed by atoms with Crippen LogP contribution in [-0.2, 0) is 11.2 Å². The molecular formula is C13H18O6. The first-order chi connectivity index (χ1) is 8.99. The summed E-state index contributed by atoms with van der Waals surface area (Å²) in [6.07, 6.45) is -6.03. The summed E-state index contributed by atoms with van der Waals surface area (Å²) in [6, 6.07) is 8.78. The van der Waals surface area contributed by atoms with Crippen LogP contribution in [0.4, 0.5) is 0 Å². The van der Waals surface area contributed by atoms with E-state index >= 15 is 0 Å². The second kappa shape index (κ2) is 5.54. The Balaban J connectivity index is 2.26. The maximum absolute atomic E-state index is 10.5. The average molecular weight is 270 g/mol. The largest absolute Gasteiger partial charge is 0.394 e. The first-order valence-electron chi connectivity index (χ1n) is 6.06. The molecule has 6 heteroatoms. The van der Waals surface area contributed by atoms with Gasteiger partial charge in [0.05, 0.1) is 6.61 Å². The molecule has 6 nitrogen and oxygen atoms in total. The van der Waals surface area contributed by atoms with Crippen molar-refractivity contribution in [2.45, 2.75) is 36.6 Å². The highest BCUT2D eigenvalue weighted by molar-refractivity contribution is 5.19. The zero-order chi connectivity index (χ0) is 14.0. The first kappa shape index (κ1) is 14.4. The number of rotatable bonds is 3. The predicted molar refractivity (Wildman–Crippen MR) is 65.1 cm³/mol. The van der Waals surface area contributed by atoms with Gasteiger partial charge in [0.1, 0.15) is 23.9 Å². The fourth-order valence-electron chi connectivity index (χ4n) is 2.35. The Bertz CT molecular complexity index is 411. The molecule has 1 aliphatic rings. The normalized spacial score (nSPS) is 39.2. The van der Waals surface area contributed by atoms with Crippen molar-refractivity contribution in [3.63, 3.8) is 0 Å². The Morgan fingerprint density at radius 2 is 1.68 bits per heavy atom. The summed E-state index contributed by atoms with van der Waals surface area (Å²) in [4.78, 5) is 0. The Morgan fingerprint density at radius 1 is 1.05 bits per heavy atom. The van der Waals surface area contributed by atoms with Crippen molar-refractivity contribution in [3.05, 3.63) is 35.9 Å². The first-order valence-corrected chi connectivity index (χ1v) is 6.06. The molecule has 1 aliphatic heterocycles. The van der Waals surface area contributed by atoms with E-state index in [1.807, 2.05) is 0 Å². The van der Waals surface area contributed by atoms with E-state index in [0.717, 1.165) is 0 Å². The molecule has 1 aromatic carbocycles. The Morgan fingerprint density at radius 3 is 2.26 bits per heavy atom. The van der Waals surface area contributed by atoms with Gasteiger partial charge in [-0.3, -0.25) is 0 Å². The van der Waals surface area contributed by atoms with Crippen molar-refractivity contribution in [2.75, 3.05) is 6.61 Å². The molecule has 106 valence electrons. The average Bonchev–Trinajstić information content (AvgIpc) is 2.42. The lowest BCUT2D eigenvalue weighted by molar-refractivity contribution is -0.321. The Kier molecular flexibility index (Phi) is 4.19. The molecule has 5 N–H and O–H groups in total. The highest BCUT2D eigenvalue weighted by Crippen LogP contribution is 2.32. The molecule has 1 aromatic rings. The van der Waals surface area contributed by atoms with Gasteiger partial charge in [0.25, 0.3) is 0 Å². The third-order valence-corrected chi connectivity index (χ3v) is 3.47. The van der Waals surface area contributed by atoms with Gasteiger partial charge >= 0.3 is 0 Å². The zero-order valence-corrected chi connectivity index (χ0v) is 10.3. The van der Waals surface area contributed by atoms with Crippen LogP contribution in [0.3, 0.4) is 0 Å². The molecule has 0 saturated carbocycles. The van der Waals surface area contributed by atoms with Gasteiger partial charge in [-0.1, -0.05) is 30.3 Å². The van der Waals surface area contributed by atoms with Crippen LogP contribution in [-0.4, -0.2) is 62.3 Å². The molecule has 0 aliphatic carbocycles. The van der Waals surface area contributed by atoms with Gasteiger partial charge in [0, 0.05) is 6.42 Å². The van der Waals surface area contributed by atoms with Crippen molar-refractivity contribution in [1.29, 1.82) is 0 Å². The van der Waals surface area contributed by atoms with Crippen molar-refractivity contribution >= 4 is 0 Å². The summed E-state index contributed by atoms with van der Waals surface area (Å²) in [5.74, 6) is 0. The van der Waals surface area contributed by atoms with E-state index in [0.29, 0.717) is 5.56 Å². The maximum Gasteiger partial charge on any atom is 0.184 e.